The molecule has 0 amide bonds. The molecule has 8 heteroatoms. The maximum absolute atomic E-state index is 9.08. The molecule has 0 aliphatic rings. The van der Waals surface area contributed by atoms with E-state index in [1.54, 1.807) is 0 Å². The second kappa shape index (κ2) is 4.90. The zero-order valence-electron chi connectivity index (χ0n) is 3.53. The first-order valence-electron chi connectivity index (χ1n) is 0.865. The van der Waals surface area contributed by atoms with Crippen molar-refractivity contribution in [2.45, 2.75) is 0 Å². The van der Waals surface area contributed by atoms with Crippen LogP contribution in [-0.2, 0) is 14.7 Å². The quantitative estimate of drug-likeness (QED) is 0.243. The van der Waals surface area contributed by atoms with E-state index in [1.165, 1.54) is 0 Å². The molecular weight excluding hydrogens is 144 g/mol. The lowest BCUT2D eigenvalue weighted by Crippen LogP contribution is -1.97. The number of hydrogen-bond donors (Lipinski definition) is 2. The molecule has 0 aliphatic carbocycles. The summed E-state index contributed by atoms with van der Waals surface area (Å²) in [5, 5.41) is 7.06. The molecule has 6 N–H and O–H groups in total. The van der Waals surface area contributed by atoms with E-state index in [1.807, 2.05) is 0 Å². The van der Waals surface area contributed by atoms with Crippen molar-refractivity contribution in [1.82, 2.24) is 0 Å². The van der Waals surface area contributed by atoms with Gasteiger partial charge in [0.1, 0.15) is 0 Å². The van der Waals surface area contributed by atoms with Gasteiger partial charge in [-0.25, -0.2) is 5.26 Å². The van der Waals surface area contributed by atoms with Crippen molar-refractivity contribution in [3.05, 3.63) is 0 Å². The molecular formula is H6O7S. The molecule has 0 radical (unpaired) electrons. The Morgan fingerprint density at radius 3 is 1.38 bits per heavy atom. The fraction of sp³-hybridized carbons (Fsp3) is 0. The highest BCUT2D eigenvalue weighted by Crippen LogP contribution is 1.74. The van der Waals surface area contributed by atoms with Gasteiger partial charge in [0.25, 0.3) is 0 Å². The van der Waals surface area contributed by atoms with E-state index in [9.17, 15) is 0 Å². The second-order valence-electron chi connectivity index (χ2n) is 0.502. The minimum atomic E-state index is -4.61. The Morgan fingerprint density at radius 2 is 1.38 bits per heavy atom. The standard InChI is InChI=1S/H2O5S.2H2O/c1-5-6(2,3)4;;/h1H,(H,2,3,4);2*1H2. The molecule has 0 saturated carbocycles. The van der Waals surface area contributed by atoms with Crippen LogP contribution in [0.2, 0.25) is 0 Å². The Kier molecular flexibility index (Phi) is 9.58. The first-order chi connectivity index (χ1) is 2.56. The van der Waals surface area contributed by atoms with Gasteiger partial charge in [-0.05, 0) is 0 Å². The molecule has 54 valence electrons. The van der Waals surface area contributed by atoms with Crippen LogP contribution in [0.3, 0.4) is 0 Å². The molecule has 0 aromatic carbocycles. The first-order valence-corrected chi connectivity index (χ1v) is 2.23. The summed E-state index contributed by atoms with van der Waals surface area (Å²) in [5.74, 6) is 0. The predicted octanol–water partition coefficient (Wildman–Crippen LogP) is -2.37. The van der Waals surface area contributed by atoms with Crippen LogP contribution >= 0.6 is 0 Å². The van der Waals surface area contributed by atoms with Gasteiger partial charge in [0, 0.05) is 0 Å². The average molecular weight is 150 g/mol. The van der Waals surface area contributed by atoms with E-state index in [4.69, 9.17) is 18.2 Å². The summed E-state index contributed by atoms with van der Waals surface area (Å²) in [6, 6.07) is 0. The summed E-state index contributed by atoms with van der Waals surface area (Å²) in [6.07, 6.45) is 0. The van der Waals surface area contributed by atoms with Crippen molar-refractivity contribution in [1.29, 1.82) is 0 Å². The molecule has 8 heavy (non-hydrogen) atoms. The van der Waals surface area contributed by atoms with Crippen molar-refractivity contribution >= 4 is 10.4 Å². The van der Waals surface area contributed by atoms with Gasteiger partial charge in [-0.3, -0.25) is 4.55 Å². The van der Waals surface area contributed by atoms with E-state index < -0.39 is 10.4 Å². The van der Waals surface area contributed by atoms with Crippen molar-refractivity contribution in [2.24, 2.45) is 0 Å². The lowest BCUT2D eigenvalue weighted by molar-refractivity contribution is -0.139. The topological polar surface area (TPSA) is 147 Å². The Hall–Kier alpha value is -0.250. The van der Waals surface area contributed by atoms with Crippen molar-refractivity contribution in [3.8, 4) is 0 Å². The smallest absolute Gasteiger partial charge is 0.412 e. The van der Waals surface area contributed by atoms with Gasteiger partial charge in [-0.1, -0.05) is 4.33 Å². The van der Waals surface area contributed by atoms with E-state index in [-0.39, 0.29) is 11.0 Å². The van der Waals surface area contributed by atoms with Gasteiger partial charge in [-0.15, -0.1) is 0 Å². The van der Waals surface area contributed by atoms with Gasteiger partial charge in [0.05, 0.1) is 0 Å². The number of hydrogen-bond acceptors (Lipinski definition) is 4. The van der Waals surface area contributed by atoms with E-state index in [0.717, 1.165) is 0 Å². The highest BCUT2D eigenvalue weighted by molar-refractivity contribution is 7.80. The minimum Gasteiger partial charge on any atom is -0.412 e. The van der Waals surface area contributed by atoms with Crippen LogP contribution in [0, 0.1) is 0 Å². The molecule has 0 spiro atoms. The number of rotatable bonds is 1. The lowest BCUT2D eigenvalue weighted by atomic mass is 15.0. The normalized spacial score (nSPS) is 8.75. The fourth-order valence-electron chi connectivity index (χ4n) is 0. The van der Waals surface area contributed by atoms with Crippen molar-refractivity contribution in [3.63, 3.8) is 0 Å². The Labute approximate surface area is 45.0 Å². The van der Waals surface area contributed by atoms with Crippen LogP contribution < -0.4 is 0 Å². The fourth-order valence-corrected chi connectivity index (χ4v) is 0. The second-order valence-corrected chi connectivity index (χ2v) is 1.51. The zero-order valence-corrected chi connectivity index (χ0v) is 4.34. The molecule has 0 aromatic rings. The largest absolute Gasteiger partial charge is 0.423 e. The van der Waals surface area contributed by atoms with E-state index in [0.29, 0.717) is 0 Å². The molecule has 0 rings (SSSR count). The Morgan fingerprint density at radius 1 is 1.25 bits per heavy atom. The summed E-state index contributed by atoms with van der Waals surface area (Å²) in [7, 11) is -4.61. The zero-order chi connectivity index (χ0) is 5.21. The minimum absolute atomic E-state index is 0. The first kappa shape index (κ1) is 15.7. The third-order valence-corrected chi connectivity index (χ3v) is 0.283. The lowest BCUT2D eigenvalue weighted by Gasteiger charge is -1.79. The van der Waals surface area contributed by atoms with Crippen LogP contribution in [-0.4, -0.2) is 29.2 Å². The third kappa shape index (κ3) is 17.2. The molecule has 0 unspecified atom stereocenters. The average Bonchev–Trinajstić information content (AvgIpc) is 1.35. The summed E-state index contributed by atoms with van der Waals surface area (Å²) in [5.41, 5.74) is 0. The van der Waals surface area contributed by atoms with E-state index >= 15 is 0 Å². The van der Waals surface area contributed by atoms with Gasteiger partial charge in [0.2, 0.25) is 0 Å². The molecule has 0 saturated heterocycles. The summed E-state index contributed by atoms with van der Waals surface area (Å²) in [4.78, 5) is 0. The van der Waals surface area contributed by atoms with E-state index in [2.05, 4.69) is 4.33 Å². The van der Waals surface area contributed by atoms with Crippen LogP contribution in [0.25, 0.3) is 0 Å². The van der Waals surface area contributed by atoms with Crippen LogP contribution in [0.4, 0.5) is 0 Å². The summed E-state index contributed by atoms with van der Waals surface area (Å²) >= 11 is 0. The van der Waals surface area contributed by atoms with Crippen LogP contribution in [0.1, 0.15) is 0 Å². The van der Waals surface area contributed by atoms with Gasteiger partial charge in [0.15, 0.2) is 0 Å². The van der Waals surface area contributed by atoms with Gasteiger partial charge >= 0.3 is 10.4 Å². The molecule has 0 fully saturated rings. The van der Waals surface area contributed by atoms with Gasteiger partial charge in [-0.2, -0.15) is 8.42 Å². The van der Waals surface area contributed by atoms with Crippen LogP contribution in [0.15, 0.2) is 0 Å². The Balaban J connectivity index is -0.000000125. The van der Waals surface area contributed by atoms with Gasteiger partial charge < -0.3 is 11.0 Å². The van der Waals surface area contributed by atoms with Crippen LogP contribution in [0.5, 0.6) is 0 Å². The Bertz CT molecular complexity index is 106. The molecule has 0 aliphatic heterocycles. The SMILES string of the molecule is O.O.O=S(=O)(O)OO. The van der Waals surface area contributed by atoms with Crippen molar-refractivity contribution < 1.29 is 33.5 Å². The summed E-state index contributed by atoms with van der Waals surface area (Å²) < 4.78 is 28.0. The molecule has 0 atom stereocenters. The predicted molar refractivity (Wildman–Crippen MR) is 22.5 cm³/mol. The maximum atomic E-state index is 9.08. The summed E-state index contributed by atoms with van der Waals surface area (Å²) in [6.45, 7) is 0. The highest BCUT2D eigenvalue weighted by atomic mass is 32.3. The molecule has 0 bridgehead atoms. The third-order valence-electron chi connectivity index (χ3n) is 0.0942. The monoisotopic (exact) mass is 150 g/mol. The molecule has 0 heterocycles. The van der Waals surface area contributed by atoms with Crippen molar-refractivity contribution in [2.75, 3.05) is 0 Å². The molecule has 0 aromatic heterocycles. The maximum Gasteiger partial charge on any atom is 0.423 e. The molecule has 7 nitrogen and oxygen atoms in total. The highest BCUT2D eigenvalue weighted by Gasteiger charge is 1.97.